The summed E-state index contributed by atoms with van der Waals surface area (Å²) in [5, 5.41) is 12.3. The molecule has 0 amide bonds. The second-order valence-electron chi connectivity index (χ2n) is 8.01. The average molecular weight is 414 g/mol. The molecule has 2 atom stereocenters. The third kappa shape index (κ3) is 2.83. The zero-order chi connectivity index (χ0) is 20.9. The lowest BCUT2D eigenvalue weighted by Gasteiger charge is -2.43. The lowest BCUT2D eigenvalue weighted by molar-refractivity contribution is 0.459. The fourth-order valence-electron chi connectivity index (χ4n) is 4.70. The van der Waals surface area contributed by atoms with E-state index in [2.05, 4.69) is 53.6 Å². The number of fused-ring (bicyclic) bond motifs is 2. The van der Waals surface area contributed by atoms with Crippen LogP contribution in [0.25, 0.3) is 10.2 Å². The Morgan fingerprint density at radius 2 is 1.93 bits per heavy atom. The minimum atomic E-state index is -0.295. The monoisotopic (exact) mass is 413 g/mol. The number of nitrogens with one attached hydrogen (secondary N) is 2. The third-order valence-corrected chi connectivity index (χ3v) is 7.01. The maximum atomic E-state index is 8.02. The van der Waals surface area contributed by atoms with E-state index >= 15 is 0 Å². The number of hydrogen-bond donors (Lipinski definition) is 4. The van der Waals surface area contributed by atoms with E-state index in [0.29, 0.717) is 10.8 Å². The van der Waals surface area contributed by atoms with Crippen LogP contribution in [0.3, 0.4) is 0 Å². The van der Waals surface area contributed by atoms with Gasteiger partial charge >= 0.3 is 0 Å². The van der Waals surface area contributed by atoms with Crippen LogP contribution in [0.4, 0.5) is 16.5 Å². The van der Waals surface area contributed by atoms with E-state index in [4.69, 9.17) is 16.9 Å². The van der Waals surface area contributed by atoms with Gasteiger partial charge in [-0.1, -0.05) is 54.7 Å². The normalized spacial score (nSPS) is 20.5. The molecular weight excluding hydrogens is 390 g/mol. The van der Waals surface area contributed by atoms with E-state index in [0.717, 1.165) is 33.5 Å². The Labute approximate surface area is 179 Å². The molecule has 6 heteroatoms. The van der Waals surface area contributed by atoms with Gasteiger partial charge in [0.1, 0.15) is 0 Å². The van der Waals surface area contributed by atoms with Gasteiger partial charge < -0.3 is 22.2 Å². The molecule has 0 bridgehead atoms. The van der Waals surface area contributed by atoms with Gasteiger partial charge in [-0.2, -0.15) is 0 Å². The lowest BCUT2D eigenvalue weighted by Crippen LogP contribution is -2.36. The minimum absolute atomic E-state index is 0.109. The van der Waals surface area contributed by atoms with Crippen LogP contribution in [0.15, 0.2) is 60.7 Å². The van der Waals surface area contributed by atoms with Crippen LogP contribution in [-0.2, 0) is 5.41 Å². The molecule has 0 unspecified atom stereocenters. The van der Waals surface area contributed by atoms with E-state index in [1.54, 1.807) is 0 Å². The number of nitrogen functional groups attached to an aromatic ring is 2. The van der Waals surface area contributed by atoms with Gasteiger partial charge in [0, 0.05) is 28.6 Å². The zero-order valence-electron chi connectivity index (χ0n) is 16.6. The molecule has 0 fully saturated rings. The lowest BCUT2D eigenvalue weighted by atomic mass is 9.67. The van der Waals surface area contributed by atoms with Gasteiger partial charge in [0.2, 0.25) is 0 Å². The molecule has 0 spiro atoms. The number of aromatic nitrogens is 1. The summed E-state index contributed by atoms with van der Waals surface area (Å²) in [5.41, 5.74) is 18.8. The molecule has 4 aromatic rings. The average Bonchev–Trinajstić information content (AvgIpc) is 3.13. The minimum Gasteiger partial charge on any atom is -0.398 e. The van der Waals surface area contributed by atoms with E-state index in [9.17, 15) is 0 Å². The highest BCUT2D eigenvalue weighted by Crippen LogP contribution is 2.50. The van der Waals surface area contributed by atoms with Crippen LogP contribution in [0.1, 0.15) is 41.6 Å². The van der Waals surface area contributed by atoms with Crippen molar-refractivity contribution in [1.82, 2.24) is 4.98 Å². The summed E-state index contributed by atoms with van der Waals surface area (Å²) >= 11 is 1.51. The second-order valence-corrected chi connectivity index (χ2v) is 9.08. The molecule has 0 saturated carbocycles. The maximum absolute atomic E-state index is 8.02. The molecule has 0 saturated heterocycles. The van der Waals surface area contributed by atoms with Gasteiger partial charge in [-0.05, 0) is 47.4 Å². The summed E-state index contributed by atoms with van der Waals surface area (Å²) in [4.78, 5) is 4.38. The van der Waals surface area contributed by atoms with Crippen molar-refractivity contribution in [3.8, 4) is 0 Å². The summed E-state index contributed by atoms with van der Waals surface area (Å²) < 4.78 is 1.09. The first-order valence-corrected chi connectivity index (χ1v) is 10.7. The highest BCUT2D eigenvalue weighted by Gasteiger charge is 2.40. The first-order chi connectivity index (χ1) is 14.5. The number of thiazole rings is 1. The Morgan fingerprint density at radius 3 is 2.70 bits per heavy atom. The van der Waals surface area contributed by atoms with Crippen LogP contribution >= 0.6 is 11.3 Å². The SMILES string of the molecule is C[C@]1(c2ccccc2)C[C@H](c2ccc3nc(N)sc3c2)Nc2ccc(N)c(C=N)c21. The number of nitrogens with two attached hydrogens (primary N) is 2. The quantitative estimate of drug-likeness (QED) is 0.270. The summed E-state index contributed by atoms with van der Waals surface area (Å²) in [7, 11) is 0. The maximum Gasteiger partial charge on any atom is 0.181 e. The van der Waals surface area contributed by atoms with Crippen LogP contribution in [0.5, 0.6) is 0 Å². The molecular formula is C24H23N5S. The largest absolute Gasteiger partial charge is 0.398 e. The molecule has 0 aliphatic carbocycles. The van der Waals surface area contributed by atoms with Crippen molar-refractivity contribution in [2.75, 3.05) is 16.8 Å². The molecule has 3 aromatic carbocycles. The fraction of sp³-hybridized carbons (Fsp3) is 0.167. The van der Waals surface area contributed by atoms with E-state index in [1.165, 1.54) is 28.7 Å². The molecule has 5 nitrogen and oxygen atoms in total. The predicted molar refractivity (Wildman–Crippen MR) is 127 cm³/mol. The molecule has 2 heterocycles. The number of nitrogens with zero attached hydrogens (tertiary/aromatic N) is 1. The Kier molecular flexibility index (Phi) is 4.25. The molecule has 1 aliphatic rings. The van der Waals surface area contributed by atoms with Crippen molar-refractivity contribution in [3.63, 3.8) is 0 Å². The molecule has 1 aromatic heterocycles. The summed E-state index contributed by atoms with van der Waals surface area (Å²) in [6, 6.07) is 20.9. The highest BCUT2D eigenvalue weighted by atomic mass is 32.1. The van der Waals surface area contributed by atoms with Crippen LogP contribution in [0.2, 0.25) is 0 Å². The Bertz CT molecular complexity index is 1260. The fourth-order valence-corrected chi connectivity index (χ4v) is 5.48. The highest BCUT2D eigenvalue weighted by molar-refractivity contribution is 7.22. The predicted octanol–water partition coefficient (Wildman–Crippen LogP) is 5.32. The molecule has 5 rings (SSSR count). The number of benzene rings is 3. The second kappa shape index (κ2) is 6.85. The van der Waals surface area contributed by atoms with Crippen molar-refractivity contribution < 1.29 is 0 Å². The van der Waals surface area contributed by atoms with Gasteiger partial charge in [0.15, 0.2) is 5.13 Å². The van der Waals surface area contributed by atoms with Gasteiger partial charge in [-0.3, -0.25) is 0 Å². The molecule has 30 heavy (non-hydrogen) atoms. The first kappa shape index (κ1) is 18.6. The Morgan fingerprint density at radius 1 is 1.13 bits per heavy atom. The topological polar surface area (TPSA) is 101 Å². The Balaban J connectivity index is 1.69. The first-order valence-electron chi connectivity index (χ1n) is 9.91. The van der Waals surface area contributed by atoms with E-state index in [-0.39, 0.29) is 11.5 Å². The van der Waals surface area contributed by atoms with Crippen molar-refractivity contribution in [1.29, 1.82) is 5.41 Å². The van der Waals surface area contributed by atoms with Gasteiger partial charge in [-0.15, -0.1) is 0 Å². The third-order valence-electron chi connectivity index (χ3n) is 6.16. The summed E-state index contributed by atoms with van der Waals surface area (Å²) in [6.07, 6.45) is 2.22. The standard InChI is InChI=1S/C24H23N5S/c1-24(15-5-3-2-4-6-15)12-20(14-7-9-18-21(11-14)30-23(27)29-18)28-19-10-8-17(26)16(13-25)22(19)24/h2-11,13,20,25,28H,12,26H2,1H3,(H2,27,29)/t20-,24-/m1/s1. The van der Waals surface area contributed by atoms with Gasteiger partial charge in [0.25, 0.3) is 0 Å². The summed E-state index contributed by atoms with van der Waals surface area (Å²) in [6.45, 7) is 2.25. The summed E-state index contributed by atoms with van der Waals surface area (Å²) in [5.74, 6) is 0. The van der Waals surface area contributed by atoms with Crippen molar-refractivity contribution >= 4 is 44.3 Å². The van der Waals surface area contributed by atoms with Crippen molar-refractivity contribution in [3.05, 3.63) is 82.9 Å². The van der Waals surface area contributed by atoms with Crippen LogP contribution in [0, 0.1) is 5.41 Å². The molecule has 1 aliphatic heterocycles. The molecule has 6 N–H and O–H groups in total. The molecule has 150 valence electrons. The van der Waals surface area contributed by atoms with E-state index in [1.807, 2.05) is 24.3 Å². The van der Waals surface area contributed by atoms with Crippen LogP contribution < -0.4 is 16.8 Å². The van der Waals surface area contributed by atoms with Crippen LogP contribution in [-0.4, -0.2) is 11.2 Å². The zero-order valence-corrected chi connectivity index (χ0v) is 17.5. The van der Waals surface area contributed by atoms with E-state index < -0.39 is 0 Å². The van der Waals surface area contributed by atoms with Crippen molar-refractivity contribution in [2.24, 2.45) is 0 Å². The Hall–Kier alpha value is -3.38. The number of rotatable bonds is 3. The van der Waals surface area contributed by atoms with Gasteiger partial charge in [0.05, 0.1) is 16.3 Å². The molecule has 0 radical (unpaired) electrons. The van der Waals surface area contributed by atoms with Gasteiger partial charge in [-0.25, -0.2) is 4.98 Å². The van der Waals surface area contributed by atoms with Crippen molar-refractivity contribution in [2.45, 2.75) is 24.8 Å². The smallest absolute Gasteiger partial charge is 0.181 e. The number of anilines is 3. The number of hydrogen-bond acceptors (Lipinski definition) is 6.